The molecule has 0 aliphatic carbocycles. The Labute approximate surface area is 116 Å². The van der Waals surface area contributed by atoms with Crippen LogP contribution in [0.5, 0.6) is 0 Å². The number of methoxy groups -OCH3 is 1. The quantitative estimate of drug-likeness (QED) is 0.510. The molecule has 1 rings (SSSR count). The van der Waals surface area contributed by atoms with Crippen molar-refractivity contribution in [3.63, 3.8) is 0 Å². The molecule has 0 radical (unpaired) electrons. The first-order chi connectivity index (χ1) is 9.27. The van der Waals surface area contributed by atoms with Crippen molar-refractivity contribution < 1.29 is 19.0 Å². The fraction of sp³-hybridized carbons (Fsp3) is 0.929. The fourth-order valence-electron chi connectivity index (χ4n) is 2.12. The Balaban J connectivity index is 2.14. The van der Waals surface area contributed by atoms with Gasteiger partial charge < -0.3 is 19.5 Å². The van der Waals surface area contributed by atoms with E-state index < -0.39 is 0 Å². The maximum Gasteiger partial charge on any atom is 0.322 e. The van der Waals surface area contributed by atoms with Gasteiger partial charge in [0.25, 0.3) is 0 Å². The van der Waals surface area contributed by atoms with Crippen LogP contribution in [0.1, 0.15) is 39.0 Å². The number of ether oxygens (including phenoxy) is 3. The van der Waals surface area contributed by atoms with Gasteiger partial charge in [0, 0.05) is 13.2 Å². The molecule has 0 amide bonds. The lowest BCUT2D eigenvalue weighted by Gasteiger charge is -2.23. The van der Waals surface area contributed by atoms with Crippen LogP contribution in [-0.4, -0.2) is 51.6 Å². The molecule has 1 aliphatic rings. The van der Waals surface area contributed by atoms with E-state index in [9.17, 15) is 4.79 Å². The number of rotatable bonds is 9. The summed E-state index contributed by atoms with van der Waals surface area (Å²) in [6.07, 6.45) is 5.31. The highest BCUT2D eigenvalue weighted by molar-refractivity contribution is 5.75. The van der Waals surface area contributed by atoms with Gasteiger partial charge in [-0.2, -0.15) is 0 Å². The highest BCUT2D eigenvalue weighted by atomic mass is 16.5. The summed E-state index contributed by atoms with van der Waals surface area (Å²) in [7, 11) is 1.42. The van der Waals surface area contributed by atoms with Crippen LogP contribution in [-0.2, 0) is 19.0 Å². The Kier molecular flexibility index (Phi) is 8.79. The highest BCUT2D eigenvalue weighted by Gasteiger charge is 2.18. The zero-order chi connectivity index (χ0) is 13.9. The normalized spacial score (nSPS) is 21.1. The topological polar surface area (TPSA) is 56.8 Å². The summed E-state index contributed by atoms with van der Waals surface area (Å²) in [6.45, 7) is 4.90. The van der Waals surface area contributed by atoms with Crippen molar-refractivity contribution in [3.05, 3.63) is 0 Å². The molecular formula is C14H27NO4. The molecule has 1 aliphatic heterocycles. The van der Waals surface area contributed by atoms with E-state index in [4.69, 9.17) is 14.2 Å². The number of nitrogens with one attached hydrogen (secondary N) is 1. The highest BCUT2D eigenvalue weighted by Crippen LogP contribution is 2.12. The maximum atomic E-state index is 11.5. The minimum atomic E-state index is -0.266. The number of carbonyl (C=O) groups is 1. The van der Waals surface area contributed by atoms with E-state index in [0.29, 0.717) is 19.6 Å². The molecule has 0 aromatic rings. The van der Waals surface area contributed by atoms with E-state index in [0.717, 1.165) is 32.4 Å². The first-order valence-corrected chi connectivity index (χ1v) is 7.28. The first-order valence-electron chi connectivity index (χ1n) is 7.28. The molecule has 0 aromatic heterocycles. The van der Waals surface area contributed by atoms with Crippen LogP contribution in [0.2, 0.25) is 0 Å². The van der Waals surface area contributed by atoms with E-state index in [2.05, 4.69) is 12.2 Å². The lowest BCUT2D eigenvalue weighted by atomic mass is 10.1. The second-order valence-electron chi connectivity index (χ2n) is 4.88. The number of carbonyl (C=O) groups excluding carboxylic acids is 1. The Morgan fingerprint density at radius 2 is 2.32 bits per heavy atom. The average molecular weight is 273 g/mol. The van der Waals surface area contributed by atoms with Gasteiger partial charge in [0.1, 0.15) is 6.04 Å². The molecule has 5 nitrogen and oxygen atoms in total. The second-order valence-corrected chi connectivity index (χ2v) is 4.88. The fourth-order valence-corrected chi connectivity index (χ4v) is 2.12. The van der Waals surface area contributed by atoms with E-state index in [-0.39, 0.29) is 18.1 Å². The van der Waals surface area contributed by atoms with E-state index >= 15 is 0 Å². The minimum absolute atomic E-state index is 0.217. The summed E-state index contributed by atoms with van der Waals surface area (Å²) in [6, 6.07) is -0.266. The van der Waals surface area contributed by atoms with Gasteiger partial charge in [-0.3, -0.25) is 4.79 Å². The molecule has 2 atom stereocenters. The third-order valence-corrected chi connectivity index (χ3v) is 3.26. The van der Waals surface area contributed by atoms with Gasteiger partial charge in [0.15, 0.2) is 0 Å². The lowest BCUT2D eigenvalue weighted by molar-refractivity contribution is -0.143. The molecule has 112 valence electrons. The van der Waals surface area contributed by atoms with Crippen molar-refractivity contribution in [3.8, 4) is 0 Å². The first kappa shape index (κ1) is 16.4. The molecule has 0 bridgehead atoms. The SMILES string of the molecule is CCCNC(CCOCC1CCCCO1)C(=O)OC. The van der Waals surface area contributed by atoms with Crippen molar-refractivity contribution in [2.24, 2.45) is 0 Å². The van der Waals surface area contributed by atoms with Crippen molar-refractivity contribution in [2.45, 2.75) is 51.2 Å². The van der Waals surface area contributed by atoms with Crippen molar-refractivity contribution >= 4 is 5.97 Å². The molecule has 0 aromatic carbocycles. The minimum Gasteiger partial charge on any atom is -0.468 e. The molecule has 2 unspecified atom stereocenters. The second kappa shape index (κ2) is 10.2. The molecule has 1 saturated heterocycles. The summed E-state index contributed by atoms with van der Waals surface area (Å²) in [5.41, 5.74) is 0. The molecule has 1 fully saturated rings. The zero-order valence-electron chi connectivity index (χ0n) is 12.2. The van der Waals surface area contributed by atoms with Crippen LogP contribution in [0.3, 0.4) is 0 Å². The summed E-state index contributed by atoms with van der Waals surface area (Å²) in [5.74, 6) is -0.217. The largest absolute Gasteiger partial charge is 0.468 e. The van der Waals surface area contributed by atoms with Crippen LogP contribution in [0.15, 0.2) is 0 Å². The summed E-state index contributed by atoms with van der Waals surface area (Å²) in [5, 5.41) is 3.17. The Hall–Kier alpha value is -0.650. The molecule has 0 saturated carbocycles. The standard InChI is InChI=1S/C14H27NO4/c1-3-8-15-13(14(16)17-2)7-10-18-11-12-6-4-5-9-19-12/h12-13,15H,3-11H2,1-2H3. The third-order valence-electron chi connectivity index (χ3n) is 3.26. The van der Waals surface area contributed by atoms with Crippen molar-refractivity contribution in [1.82, 2.24) is 5.32 Å². The van der Waals surface area contributed by atoms with E-state index in [1.54, 1.807) is 0 Å². The number of esters is 1. The molecule has 1 N–H and O–H groups in total. The Morgan fingerprint density at radius 3 is 2.95 bits per heavy atom. The molecular weight excluding hydrogens is 246 g/mol. The van der Waals surface area contributed by atoms with Crippen LogP contribution < -0.4 is 5.32 Å². The third kappa shape index (κ3) is 6.89. The van der Waals surface area contributed by atoms with Crippen molar-refractivity contribution in [2.75, 3.05) is 33.5 Å². The lowest BCUT2D eigenvalue weighted by Crippen LogP contribution is -2.39. The molecule has 19 heavy (non-hydrogen) atoms. The number of hydrogen-bond acceptors (Lipinski definition) is 5. The van der Waals surface area contributed by atoms with Crippen LogP contribution in [0.4, 0.5) is 0 Å². The summed E-state index contributed by atoms with van der Waals surface area (Å²) >= 11 is 0. The van der Waals surface area contributed by atoms with Crippen LogP contribution in [0.25, 0.3) is 0 Å². The van der Waals surface area contributed by atoms with Gasteiger partial charge in [0.05, 0.1) is 19.8 Å². The predicted molar refractivity (Wildman–Crippen MR) is 73.1 cm³/mol. The molecule has 0 spiro atoms. The number of hydrogen-bond donors (Lipinski definition) is 1. The van der Waals surface area contributed by atoms with Gasteiger partial charge >= 0.3 is 5.97 Å². The van der Waals surface area contributed by atoms with Gasteiger partial charge in [-0.15, -0.1) is 0 Å². The zero-order valence-corrected chi connectivity index (χ0v) is 12.2. The van der Waals surface area contributed by atoms with Crippen molar-refractivity contribution in [1.29, 1.82) is 0 Å². The Bertz CT molecular complexity index is 242. The smallest absolute Gasteiger partial charge is 0.322 e. The van der Waals surface area contributed by atoms with E-state index in [1.165, 1.54) is 13.5 Å². The van der Waals surface area contributed by atoms with Gasteiger partial charge in [0.2, 0.25) is 0 Å². The van der Waals surface area contributed by atoms with Crippen LogP contribution >= 0.6 is 0 Å². The predicted octanol–water partition coefficient (Wildman–Crippen LogP) is 1.50. The van der Waals surface area contributed by atoms with Gasteiger partial charge in [-0.25, -0.2) is 0 Å². The maximum absolute atomic E-state index is 11.5. The van der Waals surface area contributed by atoms with Gasteiger partial charge in [-0.1, -0.05) is 6.92 Å². The monoisotopic (exact) mass is 273 g/mol. The summed E-state index contributed by atoms with van der Waals surface area (Å²) < 4.78 is 16.0. The van der Waals surface area contributed by atoms with Crippen LogP contribution in [0, 0.1) is 0 Å². The average Bonchev–Trinajstić information content (AvgIpc) is 2.47. The molecule has 5 heteroatoms. The van der Waals surface area contributed by atoms with Gasteiger partial charge in [-0.05, 0) is 38.6 Å². The summed E-state index contributed by atoms with van der Waals surface area (Å²) in [4.78, 5) is 11.5. The molecule has 1 heterocycles. The Morgan fingerprint density at radius 1 is 1.47 bits per heavy atom. The van der Waals surface area contributed by atoms with E-state index in [1.807, 2.05) is 0 Å².